The van der Waals surface area contributed by atoms with E-state index in [-0.39, 0.29) is 0 Å². The van der Waals surface area contributed by atoms with Gasteiger partial charge in [0.25, 0.3) is 5.91 Å². The second kappa shape index (κ2) is 7.26. The zero-order valence-electron chi connectivity index (χ0n) is 12.2. The maximum absolute atomic E-state index is 12.4. The van der Waals surface area contributed by atoms with E-state index in [4.69, 9.17) is 10.5 Å². The quantitative estimate of drug-likeness (QED) is 0.853. The summed E-state index contributed by atoms with van der Waals surface area (Å²) >= 11 is 0. The fourth-order valence-corrected chi connectivity index (χ4v) is 1.90. The predicted octanol–water partition coefficient (Wildman–Crippen LogP) is 1.80. The number of carbonyl (C=O) groups is 2. The largest absolute Gasteiger partial charge is 0.476 e. The highest BCUT2D eigenvalue weighted by atomic mass is 16.5. The normalized spacial score (nSPS) is 13.0. The number of para-hydroxylation sites is 1. The van der Waals surface area contributed by atoms with E-state index in [1.807, 2.05) is 36.4 Å². The highest BCUT2D eigenvalue weighted by Gasteiger charge is 2.25. The summed E-state index contributed by atoms with van der Waals surface area (Å²) in [6.45, 7) is 1.53. The molecule has 2 amide bonds. The van der Waals surface area contributed by atoms with Gasteiger partial charge in [0.2, 0.25) is 12.0 Å². The molecule has 5 nitrogen and oxygen atoms in total. The number of ether oxygens (including phenoxy) is 1. The lowest BCUT2D eigenvalue weighted by Crippen LogP contribution is -2.45. The Hall–Kier alpha value is -2.82. The average molecular weight is 298 g/mol. The topological polar surface area (TPSA) is 81.4 Å². The number of nitrogens with two attached hydrogens (primary N) is 1. The molecular formula is C17H18N2O3. The van der Waals surface area contributed by atoms with Crippen molar-refractivity contribution in [1.29, 1.82) is 0 Å². The zero-order valence-corrected chi connectivity index (χ0v) is 12.2. The summed E-state index contributed by atoms with van der Waals surface area (Å²) in [6.07, 6.45) is -0.856. The van der Waals surface area contributed by atoms with Gasteiger partial charge >= 0.3 is 0 Å². The van der Waals surface area contributed by atoms with Crippen LogP contribution in [0.15, 0.2) is 60.7 Å². The number of nitrogens with one attached hydrogen (secondary N) is 1. The molecule has 0 saturated heterocycles. The molecule has 2 aromatic carbocycles. The fourth-order valence-electron chi connectivity index (χ4n) is 1.90. The summed E-state index contributed by atoms with van der Waals surface area (Å²) in [5.41, 5.74) is 5.88. The molecule has 0 aliphatic heterocycles. The van der Waals surface area contributed by atoms with Gasteiger partial charge in [-0.3, -0.25) is 9.59 Å². The Morgan fingerprint density at radius 3 is 2.09 bits per heavy atom. The summed E-state index contributed by atoms with van der Waals surface area (Å²) in [6, 6.07) is 17.3. The van der Waals surface area contributed by atoms with Crippen LogP contribution in [0.25, 0.3) is 0 Å². The summed E-state index contributed by atoms with van der Waals surface area (Å²) in [7, 11) is 0. The van der Waals surface area contributed by atoms with Crippen LogP contribution in [0.4, 0.5) is 0 Å². The maximum Gasteiger partial charge on any atom is 0.266 e. The van der Waals surface area contributed by atoms with Gasteiger partial charge < -0.3 is 15.8 Å². The predicted molar refractivity (Wildman–Crippen MR) is 83.1 cm³/mol. The number of amides is 2. The highest BCUT2D eigenvalue weighted by Crippen LogP contribution is 2.22. The molecule has 0 bridgehead atoms. The van der Waals surface area contributed by atoms with Gasteiger partial charge in [-0.25, -0.2) is 0 Å². The van der Waals surface area contributed by atoms with Crippen LogP contribution >= 0.6 is 0 Å². The van der Waals surface area contributed by atoms with Crippen LogP contribution in [0.1, 0.15) is 18.6 Å². The van der Waals surface area contributed by atoms with E-state index in [0.717, 1.165) is 0 Å². The molecule has 22 heavy (non-hydrogen) atoms. The second-order valence-electron chi connectivity index (χ2n) is 4.85. The first-order chi connectivity index (χ1) is 10.6. The lowest BCUT2D eigenvalue weighted by molar-refractivity contribution is -0.132. The van der Waals surface area contributed by atoms with E-state index in [2.05, 4.69) is 5.32 Å². The lowest BCUT2D eigenvalue weighted by atomic mass is 10.1. The van der Waals surface area contributed by atoms with Crippen LogP contribution in [0.5, 0.6) is 5.75 Å². The summed E-state index contributed by atoms with van der Waals surface area (Å²) < 4.78 is 5.78. The van der Waals surface area contributed by atoms with E-state index in [1.165, 1.54) is 6.92 Å². The Kier molecular flexibility index (Phi) is 5.14. The van der Waals surface area contributed by atoms with Crippen LogP contribution in [-0.2, 0) is 9.59 Å². The van der Waals surface area contributed by atoms with Crippen molar-refractivity contribution in [2.24, 2.45) is 5.73 Å². The SMILES string of the molecule is CC(NC(=O)C(Oc1ccccc1)c1ccccc1)C(N)=O. The van der Waals surface area contributed by atoms with Gasteiger partial charge in [-0.05, 0) is 19.1 Å². The molecule has 5 heteroatoms. The van der Waals surface area contributed by atoms with Crippen molar-refractivity contribution in [2.75, 3.05) is 0 Å². The van der Waals surface area contributed by atoms with Crippen molar-refractivity contribution in [3.8, 4) is 5.75 Å². The van der Waals surface area contributed by atoms with Crippen LogP contribution in [0.2, 0.25) is 0 Å². The summed E-state index contributed by atoms with van der Waals surface area (Å²) in [4.78, 5) is 23.5. The van der Waals surface area contributed by atoms with Crippen molar-refractivity contribution >= 4 is 11.8 Å². The molecule has 2 atom stereocenters. The van der Waals surface area contributed by atoms with Crippen molar-refractivity contribution < 1.29 is 14.3 Å². The maximum atomic E-state index is 12.4. The van der Waals surface area contributed by atoms with Gasteiger partial charge in [0.05, 0.1) is 0 Å². The molecule has 0 spiro atoms. The van der Waals surface area contributed by atoms with E-state index in [0.29, 0.717) is 11.3 Å². The van der Waals surface area contributed by atoms with Crippen molar-refractivity contribution in [3.63, 3.8) is 0 Å². The Morgan fingerprint density at radius 1 is 1.00 bits per heavy atom. The summed E-state index contributed by atoms with van der Waals surface area (Å²) in [5, 5.41) is 2.56. The third-order valence-electron chi connectivity index (χ3n) is 3.12. The fraction of sp³-hybridized carbons (Fsp3) is 0.176. The number of rotatable bonds is 6. The van der Waals surface area contributed by atoms with E-state index < -0.39 is 24.0 Å². The van der Waals surface area contributed by atoms with Gasteiger partial charge in [-0.2, -0.15) is 0 Å². The smallest absolute Gasteiger partial charge is 0.266 e. The molecule has 0 radical (unpaired) electrons. The standard InChI is InChI=1S/C17H18N2O3/c1-12(16(18)20)19-17(21)15(13-8-4-2-5-9-13)22-14-10-6-3-7-11-14/h2-12,15H,1H3,(H2,18,20)(H,19,21). The molecule has 0 aliphatic rings. The van der Waals surface area contributed by atoms with Crippen molar-refractivity contribution in [2.45, 2.75) is 19.1 Å². The zero-order chi connectivity index (χ0) is 15.9. The van der Waals surface area contributed by atoms with E-state index in [9.17, 15) is 9.59 Å². The van der Waals surface area contributed by atoms with Crippen LogP contribution in [0, 0.1) is 0 Å². The number of carbonyl (C=O) groups excluding carboxylic acids is 2. The molecule has 0 saturated carbocycles. The van der Waals surface area contributed by atoms with Crippen LogP contribution in [-0.4, -0.2) is 17.9 Å². The molecular weight excluding hydrogens is 280 g/mol. The third-order valence-corrected chi connectivity index (χ3v) is 3.12. The second-order valence-corrected chi connectivity index (χ2v) is 4.85. The Labute approximate surface area is 129 Å². The van der Waals surface area contributed by atoms with Gasteiger partial charge in [0.1, 0.15) is 11.8 Å². The Bertz CT molecular complexity index is 629. The molecule has 114 valence electrons. The van der Waals surface area contributed by atoms with Gasteiger partial charge in [-0.15, -0.1) is 0 Å². The average Bonchev–Trinajstić information content (AvgIpc) is 2.54. The third kappa shape index (κ3) is 4.09. The molecule has 0 heterocycles. The van der Waals surface area contributed by atoms with Gasteiger partial charge in [0.15, 0.2) is 0 Å². The van der Waals surface area contributed by atoms with E-state index >= 15 is 0 Å². The minimum atomic E-state index is -0.856. The monoisotopic (exact) mass is 298 g/mol. The molecule has 0 aliphatic carbocycles. The van der Waals surface area contributed by atoms with Crippen LogP contribution in [0.3, 0.4) is 0 Å². The number of primary amides is 1. The first-order valence-electron chi connectivity index (χ1n) is 6.94. The minimum Gasteiger partial charge on any atom is -0.476 e. The number of hydrogen-bond acceptors (Lipinski definition) is 3. The van der Waals surface area contributed by atoms with Crippen molar-refractivity contribution in [1.82, 2.24) is 5.32 Å². The first-order valence-corrected chi connectivity index (χ1v) is 6.94. The minimum absolute atomic E-state index is 0.415. The van der Waals surface area contributed by atoms with Crippen molar-refractivity contribution in [3.05, 3.63) is 66.2 Å². The Balaban J connectivity index is 2.22. The highest BCUT2D eigenvalue weighted by molar-refractivity contribution is 5.89. The lowest BCUT2D eigenvalue weighted by Gasteiger charge is -2.20. The first kappa shape index (κ1) is 15.6. The number of benzene rings is 2. The van der Waals surface area contributed by atoms with E-state index in [1.54, 1.807) is 24.3 Å². The molecule has 2 rings (SSSR count). The molecule has 3 N–H and O–H groups in total. The molecule has 2 aromatic rings. The van der Waals surface area contributed by atoms with Crippen LogP contribution < -0.4 is 15.8 Å². The number of hydrogen-bond donors (Lipinski definition) is 2. The summed E-state index contributed by atoms with van der Waals surface area (Å²) in [5.74, 6) is -0.445. The van der Waals surface area contributed by atoms with Gasteiger partial charge in [0, 0.05) is 5.56 Å². The molecule has 2 unspecified atom stereocenters. The molecule has 0 aromatic heterocycles. The molecule has 0 fully saturated rings. The van der Waals surface area contributed by atoms with Gasteiger partial charge in [-0.1, -0.05) is 48.5 Å². The Morgan fingerprint density at radius 2 is 1.55 bits per heavy atom.